The highest BCUT2D eigenvalue weighted by Gasteiger charge is 2.23. The Balaban J connectivity index is 2.10. The van der Waals surface area contributed by atoms with Crippen molar-refractivity contribution < 1.29 is 13.9 Å². The molecule has 1 aliphatic rings. The molecule has 0 bridgehead atoms. The maximum Gasteiger partial charge on any atom is 0.256 e. The first-order valence-corrected chi connectivity index (χ1v) is 6.79. The second kappa shape index (κ2) is 6.15. The molecule has 1 heterocycles. The zero-order valence-corrected chi connectivity index (χ0v) is 11.5. The highest BCUT2D eigenvalue weighted by Crippen LogP contribution is 2.17. The van der Waals surface area contributed by atoms with E-state index < -0.39 is 5.82 Å². The second-order valence-corrected chi connectivity index (χ2v) is 4.96. The molecule has 1 fully saturated rings. The summed E-state index contributed by atoms with van der Waals surface area (Å²) in [5.74, 6) is -0.703. The number of rotatable bonds is 4. The molecule has 4 heteroatoms. The van der Waals surface area contributed by atoms with Crippen LogP contribution in [0.25, 0.3) is 0 Å². The van der Waals surface area contributed by atoms with Crippen molar-refractivity contribution in [3.8, 4) is 0 Å². The number of benzene rings is 1. The maximum atomic E-state index is 13.8. The monoisotopic (exact) mass is 265 g/mol. The molecule has 1 unspecified atom stereocenters. The molecule has 1 aliphatic heterocycles. The number of carbonyl (C=O) groups excluding carboxylic acids is 1. The molecule has 104 valence electrons. The summed E-state index contributed by atoms with van der Waals surface area (Å²) in [5, 5.41) is 0. The number of amides is 1. The lowest BCUT2D eigenvalue weighted by Gasteiger charge is -2.24. The molecule has 0 aromatic heterocycles. The molecule has 1 aromatic carbocycles. The van der Waals surface area contributed by atoms with Crippen LogP contribution in [0.3, 0.4) is 0 Å². The van der Waals surface area contributed by atoms with Gasteiger partial charge in [0.25, 0.3) is 5.91 Å². The van der Waals surface area contributed by atoms with E-state index in [4.69, 9.17) is 4.74 Å². The summed E-state index contributed by atoms with van der Waals surface area (Å²) in [4.78, 5) is 14.0. The Bertz CT molecular complexity index is 455. The van der Waals surface area contributed by atoms with Crippen molar-refractivity contribution >= 4 is 5.91 Å². The Kier molecular flexibility index (Phi) is 4.53. The quantitative estimate of drug-likeness (QED) is 0.837. The van der Waals surface area contributed by atoms with Gasteiger partial charge in [0, 0.05) is 19.7 Å². The molecule has 3 nitrogen and oxygen atoms in total. The molecule has 0 saturated carbocycles. The molecule has 0 N–H and O–H groups in total. The Hall–Kier alpha value is -1.42. The summed E-state index contributed by atoms with van der Waals surface area (Å²) in [6.45, 7) is 5.57. The van der Waals surface area contributed by atoms with Crippen LogP contribution in [0.4, 0.5) is 4.39 Å². The number of likely N-dealkylation sites (N-methyl/N-ethyl adjacent to an activating group) is 1. The lowest BCUT2D eigenvalue weighted by molar-refractivity contribution is 0.0535. The number of halogens is 1. The first-order valence-electron chi connectivity index (χ1n) is 6.79. The van der Waals surface area contributed by atoms with E-state index in [0.29, 0.717) is 13.1 Å². The van der Waals surface area contributed by atoms with Gasteiger partial charge >= 0.3 is 0 Å². The summed E-state index contributed by atoms with van der Waals surface area (Å²) in [6, 6.07) is 4.72. The van der Waals surface area contributed by atoms with Crippen LogP contribution in [0, 0.1) is 12.7 Å². The van der Waals surface area contributed by atoms with Crippen molar-refractivity contribution in [1.29, 1.82) is 0 Å². The largest absolute Gasteiger partial charge is 0.376 e. The number of hydrogen-bond donors (Lipinski definition) is 0. The Labute approximate surface area is 113 Å². The standard InChI is InChI=1S/C15H20FNO2/c1-3-17(10-12-5-4-8-19-12)15(18)13-7-6-11(2)9-14(13)16/h6-7,9,12H,3-5,8,10H2,1-2H3. The molecule has 1 amide bonds. The van der Waals surface area contributed by atoms with Crippen LogP contribution in [0.2, 0.25) is 0 Å². The molecule has 0 spiro atoms. The van der Waals surface area contributed by atoms with E-state index in [1.807, 2.05) is 6.92 Å². The summed E-state index contributed by atoms with van der Waals surface area (Å²) in [5.41, 5.74) is 0.960. The second-order valence-electron chi connectivity index (χ2n) is 4.96. The number of carbonyl (C=O) groups is 1. The van der Waals surface area contributed by atoms with Crippen LogP contribution < -0.4 is 0 Å². The minimum absolute atomic E-state index is 0.0948. The van der Waals surface area contributed by atoms with Crippen molar-refractivity contribution in [2.24, 2.45) is 0 Å². The van der Waals surface area contributed by atoms with Crippen LogP contribution >= 0.6 is 0 Å². The zero-order valence-electron chi connectivity index (χ0n) is 11.5. The lowest BCUT2D eigenvalue weighted by atomic mass is 10.1. The van der Waals surface area contributed by atoms with Crippen LogP contribution in [0.1, 0.15) is 35.7 Å². The molecule has 1 saturated heterocycles. The molecular weight excluding hydrogens is 245 g/mol. The van der Waals surface area contributed by atoms with Gasteiger partial charge in [-0.1, -0.05) is 6.07 Å². The van der Waals surface area contributed by atoms with Crippen molar-refractivity contribution in [3.05, 3.63) is 35.1 Å². The van der Waals surface area contributed by atoms with Crippen LogP contribution in [0.5, 0.6) is 0 Å². The van der Waals surface area contributed by atoms with Gasteiger partial charge in [0.15, 0.2) is 0 Å². The van der Waals surface area contributed by atoms with Gasteiger partial charge in [-0.25, -0.2) is 4.39 Å². The Morgan fingerprint density at radius 2 is 2.32 bits per heavy atom. The predicted molar refractivity (Wildman–Crippen MR) is 71.7 cm³/mol. The normalized spacial score (nSPS) is 18.6. The van der Waals surface area contributed by atoms with Crippen molar-refractivity contribution in [2.45, 2.75) is 32.8 Å². The van der Waals surface area contributed by atoms with Crippen LogP contribution in [-0.2, 0) is 4.74 Å². The minimum Gasteiger partial charge on any atom is -0.376 e. The number of nitrogens with zero attached hydrogens (tertiary/aromatic N) is 1. The highest BCUT2D eigenvalue weighted by atomic mass is 19.1. The van der Waals surface area contributed by atoms with Crippen molar-refractivity contribution in [3.63, 3.8) is 0 Å². The fourth-order valence-electron chi connectivity index (χ4n) is 2.35. The molecule has 2 rings (SSSR count). The fraction of sp³-hybridized carbons (Fsp3) is 0.533. The molecule has 19 heavy (non-hydrogen) atoms. The molecule has 0 radical (unpaired) electrons. The van der Waals surface area contributed by atoms with Crippen LogP contribution in [0.15, 0.2) is 18.2 Å². The number of ether oxygens (including phenoxy) is 1. The van der Waals surface area contributed by atoms with Gasteiger partial charge in [0.05, 0.1) is 11.7 Å². The summed E-state index contributed by atoms with van der Waals surface area (Å²) >= 11 is 0. The SMILES string of the molecule is CCN(CC1CCCO1)C(=O)c1ccc(C)cc1F. The Morgan fingerprint density at radius 3 is 2.89 bits per heavy atom. The van der Waals surface area contributed by atoms with Gasteiger partial charge in [-0.05, 0) is 44.4 Å². The molecule has 1 atom stereocenters. The lowest BCUT2D eigenvalue weighted by Crippen LogP contribution is -2.37. The first-order chi connectivity index (χ1) is 9.11. The third-order valence-corrected chi connectivity index (χ3v) is 3.47. The Morgan fingerprint density at radius 1 is 1.53 bits per heavy atom. The van der Waals surface area contributed by atoms with Gasteiger partial charge in [-0.3, -0.25) is 4.79 Å². The molecule has 0 aliphatic carbocycles. The average molecular weight is 265 g/mol. The number of aryl methyl sites for hydroxylation is 1. The topological polar surface area (TPSA) is 29.5 Å². The van der Waals surface area contributed by atoms with E-state index in [1.165, 1.54) is 6.07 Å². The molecule has 1 aromatic rings. The van der Waals surface area contributed by atoms with Crippen molar-refractivity contribution in [1.82, 2.24) is 4.90 Å². The van der Waals surface area contributed by atoms with Gasteiger partial charge < -0.3 is 9.64 Å². The van der Waals surface area contributed by atoms with Crippen LogP contribution in [-0.4, -0.2) is 36.6 Å². The highest BCUT2D eigenvalue weighted by molar-refractivity contribution is 5.94. The van der Waals surface area contributed by atoms with E-state index >= 15 is 0 Å². The van der Waals surface area contributed by atoms with Gasteiger partial charge in [-0.15, -0.1) is 0 Å². The summed E-state index contributed by atoms with van der Waals surface area (Å²) in [6.07, 6.45) is 2.10. The van der Waals surface area contributed by atoms with Gasteiger partial charge in [-0.2, -0.15) is 0 Å². The zero-order chi connectivity index (χ0) is 13.8. The average Bonchev–Trinajstić information content (AvgIpc) is 2.88. The van der Waals surface area contributed by atoms with Crippen molar-refractivity contribution in [2.75, 3.05) is 19.7 Å². The number of hydrogen-bond acceptors (Lipinski definition) is 2. The van der Waals surface area contributed by atoms with E-state index in [9.17, 15) is 9.18 Å². The summed E-state index contributed by atoms with van der Waals surface area (Å²) < 4.78 is 19.4. The fourth-order valence-corrected chi connectivity index (χ4v) is 2.35. The van der Waals surface area contributed by atoms with E-state index in [0.717, 1.165) is 25.0 Å². The smallest absolute Gasteiger partial charge is 0.256 e. The van der Waals surface area contributed by atoms with Gasteiger partial charge in [0.1, 0.15) is 5.82 Å². The summed E-state index contributed by atoms with van der Waals surface area (Å²) in [7, 11) is 0. The maximum absolute atomic E-state index is 13.8. The van der Waals surface area contributed by atoms with E-state index in [2.05, 4.69) is 0 Å². The minimum atomic E-state index is -0.448. The molecular formula is C15H20FNO2. The first kappa shape index (κ1) is 14.0. The van der Waals surface area contributed by atoms with E-state index in [-0.39, 0.29) is 17.6 Å². The van der Waals surface area contributed by atoms with E-state index in [1.54, 1.807) is 24.0 Å². The predicted octanol–water partition coefficient (Wildman–Crippen LogP) is 2.78. The third-order valence-electron chi connectivity index (χ3n) is 3.47. The van der Waals surface area contributed by atoms with Gasteiger partial charge in [0.2, 0.25) is 0 Å². The third kappa shape index (κ3) is 3.32.